The Hall–Kier alpha value is -1.52. The predicted octanol–water partition coefficient (Wildman–Crippen LogP) is 2.39. The Bertz CT molecular complexity index is 380. The zero-order chi connectivity index (χ0) is 13.9. The summed E-state index contributed by atoms with van der Waals surface area (Å²) in [6, 6.07) is 5.83. The van der Waals surface area contributed by atoms with Crippen molar-refractivity contribution >= 4 is 0 Å². The lowest BCUT2D eigenvalue weighted by molar-refractivity contribution is 0.199. The van der Waals surface area contributed by atoms with Gasteiger partial charge < -0.3 is 19.5 Å². The number of nitrogens with one attached hydrogen (secondary N) is 1. The molecule has 0 heterocycles. The van der Waals surface area contributed by atoms with Crippen LogP contribution in [0.1, 0.15) is 12.0 Å². The summed E-state index contributed by atoms with van der Waals surface area (Å²) in [4.78, 5) is 0. The van der Waals surface area contributed by atoms with Crippen molar-refractivity contribution in [1.82, 2.24) is 5.32 Å². The van der Waals surface area contributed by atoms with E-state index in [4.69, 9.17) is 14.2 Å². The summed E-state index contributed by atoms with van der Waals surface area (Å²) in [7, 11) is 3.35. The van der Waals surface area contributed by atoms with Gasteiger partial charge in [-0.25, -0.2) is 0 Å². The van der Waals surface area contributed by atoms with Crippen molar-refractivity contribution in [1.29, 1.82) is 0 Å². The molecule has 0 unspecified atom stereocenters. The number of hydrogen-bond donors (Lipinski definition) is 1. The lowest BCUT2D eigenvalue weighted by atomic mass is 10.2. The van der Waals surface area contributed by atoms with Gasteiger partial charge in [-0.3, -0.25) is 0 Å². The number of methoxy groups -OCH3 is 2. The van der Waals surface area contributed by atoms with Crippen molar-refractivity contribution in [3.8, 4) is 11.5 Å². The molecular weight excluding hydrogens is 242 g/mol. The molecule has 4 nitrogen and oxygen atoms in total. The third-order valence-corrected chi connectivity index (χ3v) is 2.65. The lowest BCUT2D eigenvalue weighted by Gasteiger charge is -2.13. The molecule has 1 aromatic rings. The van der Waals surface area contributed by atoms with Gasteiger partial charge in [0.15, 0.2) is 0 Å². The summed E-state index contributed by atoms with van der Waals surface area (Å²) in [5.74, 6) is 1.71. The molecule has 0 aliphatic heterocycles. The Morgan fingerprint density at radius 3 is 2.79 bits per heavy atom. The normalized spacial score (nSPS) is 10.2. The third-order valence-electron chi connectivity index (χ3n) is 2.65. The molecule has 1 N–H and O–H groups in total. The van der Waals surface area contributed by atoms with Crippen LogP contribution >= 0.6 is 0 Å². The van der Waals surface area contributed by atoms with Crippen LogP contribution < -0.4 is 14.8 Å². The number of hydrogen-bond acceptors (Lipinski definition) is 4. The molecule has 0 aliphatic carbocycles. The van der Waals surface area contributed by atoms with Gasteiger partial charge in [-0.05, 0) is 24.6 Å². The second-order valence-electron chi connectivity index (χ2n) is 4.07. The molecule has 106 valence electrons. The average Bonchev–Trinajstić information content (AvgIpc) is 2.45. The largest absolute Gasteiger partial charge is 0.497 e. The van der Waals surface area contributed by atoms with Gasteiger partial charge in [-0.1, -0.05) is 6.08 Å². The zero-order valence-corrected chi connectivity index (χ0v) is 11.8. The van der Waals surface area contributed by atoms with E-state index in [0.717, 1.165) is 36.6 Å². The van der Waals surface area contributed by atoms with Crippen molar-refractivity contribution in [3.63, 3.8) is 0 Å². The summed E-state index contributed by atoms with van der Waals surface area (Å²) in [5.41, 5.74) is 1.08. The van der Waals surface area contributed by atoms with E-state index < -0.39 is 0 Å². The molecule has 1 rings (SSSR count). The van der Waals surface area contributed by atoms with Gasteiger partial charge in [0.25, 0.3) is 0 Å². The van der Waals surface area contributed by atoms with Gasteiger partial charge in [0.2, 0.25) is 0 Å². The molecule has 0 aliphatic rings. The van der Waals surface area contributed by atoms with E-state index in [1.165, 1.54) is 0 Å². The highest BCUT2D eigenvalue weighted by molar-refractivity contribution is 5.40. The highest BCUT2D eigenvalue weighted by atomic mass is 16.5. The molecule has 0 saturated heterocycles. The van der Waals surface area contributed by atoms with Crippen molar-refractivity contribution < 1.29 is 14.2 Å². The molecule has 0 spiro atoms. The molecule has 0 bridgehead atoms. The third kappa shape index (κ3) is 5.77. The van der Waals surface area contributed by atoms with E-state index in [-0.39, 0.29) is 0 Å². The van der Waals surface area contributed by atoms with E-state index in [1.54, 1.807) is 14.2 Å². The summed E-state index contributed by atoms with van der Waals surface area (Å²) >= 11 is 0. The van der Waals surface area contributed by atoms with Crippen LogP contribution in [0.5, 0.6) is 11.5 Å². The van der Waals surface area contributed by atoms with Crippen molar-refractivity contribution in [2.75, 3.05) is 34.0 Å². The number of ether oxygens (including phenoxy) is 3. The maximum atomic E-state index is 5.74. The predicted molar refractivity (Wildman–Crippen MR) is 76.9 cm³/mol. The molecule has 0 radical (unpaired) electrons. The molecule has 19 heavy (non-hydrogen) atoms. The topological polar surface area (TPSA) is 39.7 Å². The Kier molecular flexibility index (Phi) is 7.70. The van der Waals surface area contributed by atoms with Crippen LogP contribution in [0.25, 0.3) is 0 Å². The SMILES string of the molecule is C=CCCOc1ccc(OC)cc1CNCCOC. The maximum Gasteiger partial charge on any atom is 0.124 e. The van der Waals surface area contributed by atoms with E-state index in [9.17, 15) is 0 Å². The molecule has 1 aromatic carbocycles. The standard InChI is InChI=1S/C15H23NO3/c1-4-5-9-19-15-7-6-14(18-3)11-13(15)12-16-8-10-17-2/h4,6-7,11,16H,1,5,8-10,12H2,2-3H3. The fourth-order valence-corrected chi connectivity index (χ4v) is 1.61. The van der Waals surface area contributed by atoms with Gasteiger partial charge in [-0.15, -0.1) is 6.58 Å². The van der Waals surface area contributed by atoms with E-state index >= 15 is 0 Å². The first-order chi connectivity index (χ1) is 9.31. The lowest BCUT2D eigenvalue weighted by Crippen LogP contribution is -2.19. The highest BCUT2D eigenvalue weighted by Crippen LogP contribution is 2.24. The summed E-state index contributed by atoms with van der Waals surface area (Å²) in [6.07, 6.45) is 2.68. The Morgan fingerprint density at radius 1 is 1.26 bits per heavy atom. The Balaban J connectivity index is 2.63. The molecule has 0 atom stereocenters. The number of rotatable bonds is 10. The Morgan fingerprint density at radius 2 is 2.11 bits per heavy atom. The molecule has 4 heteroatoms. The summed E-state index contributed by atoms with van der Waals surface area (Å²) in [6.45, 7) is 6.55. The van der Waals surface area contributed by atoms with Gasteiger partial charge in [0.1, 0.15) is 11.5 Å². The van der Waals surface area contributed by atoms with Crippen molar-refractivity contribution in [2.24, 2.45) is 0 Å². The minimum Gasteiger partial charge on any atom is -0.497 e. The maximum absolute atomic E-state index is 5.74. The smallest absolute Gasteiger partial charge is 0.124 e. The molecular formula is C15H23NO3. The van der Waals surface area contributed by atoms with Gasteiger partial charge in [0, 0.05) is 25.8 Å². The highest BCUT2D eigenvalue weighted by Gasteiger charge is 2.05. The molecule has 0 amide bonds. The van der Waals surface area contributed by atoms with Crippen LogP contribution in [-0.2, 0) is 11.3 Å². The molecule has 0 aromatic heterocycles. The van der Waals surface area contributed by atoms with E-state index in [1.807, 2.05) is 24.3 Å². The second kappa shape index (κ2) is 9.42. The summed E-state index contributed by atoms with van der Waals surface area (Å²) < 4.78 is 16.0. The van der Waals surface area contributed by atoms with Gasteiger partial charge in [-0.2, -0.15) is 0 Å². The quantitative estimate of drug-likeness (QED) is 0.521. The van der Waals surface area contributed by atoms with Crippen LogP contribution in [0.2, 0.25) is 0 Å². The van der Waals surface area contributed by atoms with Crippen LogP contribution in [-0.4, -0.2) is 34.0 Å². The van der Waals surface area contributed by atoms with Gasteiger partial charge >= 0.3 is 0 Å². The first-order valence-electron chi connectivity index (χ1n) is 6.42. The second-order valence-corrected chi connectivity index (χ2v) is 4.07. The van der Waals surface area contributed by atoms with Crippen LogP contribution in [0.4, 0.5) is 0 Å². The minimum absolute atomic E-state index is 0.640. The fraction of sp³-hybridized carbons (Fsp3) is 0.467. The monoisotopic (exact) mass is 265 g/mol. The Labute approximate surface area is 115 Å². The van der Waals surface area contributed by atoms with Crippen LogP contribution in [0.3, 0.4) is 0 Å². The number of benzene rings is 1. The first kappa shape index (κ1) is 15.5. The minimum atomic E-state index is 0.640. The van der Waals surface area contributed by atoms with E-state index in [2.05, 4.69) is 11.9 Å². The fourth-order valence-electron chi connectivity index (χ4n) is 1.61. The summed E-state index contributed by atoms with van der Waals surface area (Å²) in [5, 5.41) is 3.30. The van der Waals surface area contributed by atoms with Crippen molar-refractivity contribution in [3.05, 3.63) is 36.4 Å². The zero-order valence-electron chi connectivity index (χ0n) is 11.8. The van der Waals surface area contributed by atoms with Crippen LogP contribution in [0.15, 0.2) is 30.9 Å². The molecule has 0 fully saturated rings. The van der Waals surface area contributed by atoms with Crippen molar-refractivity contribution in [2.45, 2.75) is 13.0 Å². The van der Waals surface area contributed by atoms with E-state index in [0.29, 0.717) is 13.2 Å². The van der Waals surface area contributed by atoms with Crippen LogP contribution in [0, 0.1) is 0 Å². The average molecular weight is 265 g/mol. The molecule has 0 saturated carbocycles. The van der Waals surface area contributed by atoms with Gasteiger partial charge in [0.05, 0.1) is 20.3 Å². The first-order valence-corrected chi connectivity index (χ1v) is 6.42.